The second-order valence-electron chi connectivity index (χ2n) is 4.27. The van der Waals surface area contributed by atoms with Gasteiger partial charge in [0.15, 0.2) is 0 Å². The molecule has 1 unspecified atom stereocenters. The average Bonchev–Trinajstić information content (AvgIpc) is 2.39. The predicted octanol–water partition coefficient (Wildman–Crippen LogP) is 2.95. The van der Waals surface area contributed by atoms with E-state index in [9.17, 15) is 9.50 Å². The van der Waals surface area contributed by atoms with E-state index >= 15 is 0 Å². The third-order valence-electron chi connectivity index (χ3n) is 2.96. The quantitative estimate of drug-likeness (QED) is 0.878. The molecule has 0 aliphatic rings. The Morgan fingerprint density at radius 1 is 1.11 bits per heavy atom. The van der Waals surface area contributed by atoms with Crippen LogP contribution in [0.25, 0.3) is 0 Å². The van der Waals surface area contributed by atoms with Crippen molar-refractivity contribution >= 4 is 0 Å². The van der Waals surface area contributed by atoms with Gasteiger partial charge >= 0.3 is 0 Å². The number of benzene rings is 2. The van der Waals surface area contributed by atoms with Gasteiger partial charge in [0.1, 0.15) is 11.4 Å². The maximum Gasteiger partial charge on any atom is 0.123 e. The molecule has 18 heavy (non-hydrogen) atoms. The number of hydrogen-bond acceptors (Lipinski definition) is 2. The summed E-state index contributed by atoms with van der Waals surface area (Å²) in [5.74, 6) is -0.347. The van der Waals surface area contributed by atoms with Gasteiger partial charge in [0.2, 0.25) is 0 Å². The van der Waals surface area contributed by atoms with Crippen molar-refractivity contribution in [3.63, 3.8) is 0 Å². The maximum atomic E-state index is 12.9. The Labute approximate surface area is 105 Å². The SMILES string of the molecule is CC(O)(c1ccc(F)cc1)c1cccc(C#N)c1. The third-order valence-corrected chi connectivity index (χ3v) is 2.96. The number of halogens is 1. The fourth-order valence-electron chi connectivity index (χ4n) is 1.83. The van der Waals surface area contributed by atoms with Crippen LogP contribution in [0.15, 0.2) is 48.5 Å². The molecule has 0 amide bonds. The minimum atomic E-state index is -1.25. The third kappa shape index (κ3) is 2.24. The van der Waals surface area contributed by atoms with Crippen LogP contribution in [0.1, 0.15) is 23.6 Å². The summed E-state index contributed by atoms with van der Waals surface area (Å²) in [4.78, 5) is 0. The topological polar surface area (TPSA) is 44.0 Å². The molecule has 0 radical (unpaired) electrons. The highest BCUT2D eigenvalue weighted by Gasteiger charge is 2.25. The van der Waals surface area contributed by atoms with Gasteiger partial charge in [-0.25, -0.2) is 4.39 Å². The zero-order valence-corrected chi connectivity index (χ0v) is 9.89. The molecule has 1 atom stereocenters. The number of aliphatic hydroxyl groups is 1. The number of rotatable bonds is 2. The molecule has 0 saturated carbocycles. The van der Waals surface area contributed by atoms with E-state index in [-0.39, 0.29) is 5.82 Å². The second-order valence-corrected chi connectivity index (χ2v) is 4.27. The summed E-state index contributed by atoms with van der Waals surface area (Å²) in [7, 11) is 0. The van der Waals surface area contributed by atoms with Crippen LogP contribution in [0.4, 0.5) is 4.39 Å². The van der Waals surface area contributed by atoms with Crippen molar-refractivity contribution in [2.24, 2.45) is 0 Å². The standard InChI is InChI=1S/C15H12FNO/c1-15(18,12-5-7-14(16)8-6-12)13-4-2-3-11(9-13)10-17/h2-9,18H,1H3. The number of nitrogens with zero attached hydrogens (tertiary/aromatic N) is 1. The summed E-state index contributed by atoms with van der Waals surface area (Å²) in [6.07, 6.45) is 0. The zero-order valence-electron chi connectivity index (χ0n) is 9.89. The van der Waals surface area contributed by atoms with E-state index in [1.807, 2.05) is 6.07 Å². The molecule has 0 heterocycles. The number of nitriles is 1. The largest absolute Gasteiger partial charge is 0.381 e. The summed E-state index contributed by atoms with van der Waals surface area (Å²) >= 11 is 0. The Morgan fingerprint density at radius 3 is 2.39 bits per heavy atom. The molecule has 0 saturated heterocycles. The first-order valence-electron chi connectivity index (χ1n) is 5.53. The monoisotopic (exact) mass is 241 g/mol. The van der Waals surface area contributed by atoms with E-state index in [1.165, 1.54) is 24.3 Å². The van der Waals surface area contributed by atoms with Gasteiger partial charge in [-0.1, -0.05) is 24.3 Å². The molecule has 0 bridgehead atoms. The Kier molecular flexibility index (Phi) is 3.14. The lowest BCUT2D eigenvalue weighted by atomic mass is 9.87. The summed E-state index contributed by atoms with van der Waals surface area (Å²) in [5, 5.41) is 19.4. The van der Waals surface area contributed by atoms with Gasteiger partial charge in [-0.2, -0.15) is 5.26 Å². The molecule has 2 aromatic rings. The molecule has 0 aliphatic heterocycles. The molecule has 2 nitrogen and oxygen atoms in total. The molecule has 0 spiro atoms. The van der Waals surface area contributed by atoms with E-state index in [0.29, 0.717) is 16.7 Å². The van der Waals surface area contributed by atoms with Crippen LogP contribution in [0.5, 0.6) is 0 Å². The highest BCUT2D eigenvalue weighted by molar-refractivity contribution is 5.40. The van der Waals surface area contributed by atoms with Crippen LogP contribution >= 0.6 is 0 Å². The lowest BCUT2D eigenvalue weighted by molar-refractivity contribution is 0.102. The molecule has 0 aliphatic carbocycles. The van der Waals surface area contributed by atoms with E-state index < -0.39 is 5.60 Å². The average molecular weight is 241 g/mol. The molecular formula is C15H12FNO. The van der Waals surface area contributed by atoms with Crippen molar-refractivity contribution < 1.29 is 9.50 Å². The van der Waals surface area contributed by atoms with Gasteiger partial charge in [0.05, 0.1) is 11.6 Å². The molecule has 3 heteroatoms. The van der Waals surface area contributed by atoms with Gasteiger partial charge < -0.3 is 5.11 Å². The van der Waals surface area contributed by atoms with Crippen LogP contribution in [-0.4, -0.2) is 5.11 Å². The second kappa shape index (κ2) is 4.59. The summed E-state index contributed by atoms with van der Waals surface area (Å²) in [6.45, 7) is 1.62. The zero-order chi connectivity index (χ0) is 13.2. The van der Waals surface area contributed by atoms with Crippen LogP contribution in [-0.2, 0) is 5.60 Å². The minimum absolute atomic E-state index is 0.347. The van der Waals surface area contributed by atoms with E-state index in [0.717, 1.165) is 0 Å². The molecule has 0 fully saturated rings. The minimum Gasteiger partial charge on any atom is -0.381 e. The van der Waals surface area contributed by atoms with E-state index in [1.54, 1.807) is 31.2 Å². The highest BCUT2D eigenvalue weighted by atomic mass is 19.1. The lowest BCUT2D eigenvalue weighted by Gasteiger charge is -2.24. The molecule has 1 N–H and O–H groups in total. The molecule has 2 rings (SSSR count). The van der Waals surface area contributed by atoms with Gasteiger partial charge in [0, 0.05) is 0 Å². The van der Waals surface area contributed by atoms with E-state index in [2.05, 4.69) is 0 Å². The van der Waals surface area contributed by atoms with Crippen molar-refractivity contribution in [1.82, 2.24) is 0 Å². The highest BCUT2D eigenvalue weighted by Crippen LogP contribution is 2.29. The Morgan fingerprint density at radius 2 is 1.78 bits per heavy atom. The predicted molar refractivity (Wildman–Crippen MR) is 66.2 cm³/mol. The van der Waals surface area contributed by atoms with Gasteiger partial charge in [0.25, 0.3) is 0 Å². The normalized spacial score (nSPS) is 13.7. The van der Waals surface area contributed by atoms with Crippen LogP contribution in [0, 0.1) is 17.1 Å². The van der Waals surface area contributed by atoms with Crippen LogP contribution in [0.2, 0.25) is 0 Å². The summed E-state index contributed by atoms with van der Waals surface area (Å²) in [6, 6.07) is 14.5. The maximum absolute atomic E-state index is 12.9. The summed E-state index contributed by atoms with van der Waals surface area (Å²) < 4.78 is 12.9. The number of hydrogen-bond donors (Lipinski definition) is 1. The first-order chi connectivity index (χ1) is 8.54. The first-order valence-corrected chi connectivity index (χ1v) is 5.53. The molecule has 0 aromatic heterocycles. The molecular weight excluding hydrogens is 229 g/mol. The van der Waals surface area contributed by atoms with Crippen molar-refractivity contribution in [2.45, 2.75) is 12.5 Å². The van der Waals surface area contributed by atoms with Crippen LogP contribution in [0.3, 0.4) is 0 Å². The Balaban J connectivity index is 2.47. The lowest BCUT2D eigenvalue weighted by Crippen LogP contribution is -2.22. The van der Waals surface area contributed by atoms with Crippen LogP contribution < -0.4 is 0 Å². The molecule has 90 valence electrons. The van der Waals surface area contributed by atoms with Crippen molar-refractivity contribution in [3.05, 3.63) is 71.0 Å². The fourth-order valence-corrected chi connectivity index (χ4v) is 1.83. The Bertz CT molecular complexity index is 597. The van der Waals surface area contributed by atoms with Gasteiger partial charge in [-0.3, -0.25) is 0 Å². The first kappa shape index (κ1) is 12.3. The Hall–Kier alpha value is -2.18. The van der Waals surface area contributed by atoms with Crippen molar-refractivity contribution in [3.8, 4) is 6.07 Å². The smallest absolute Gasteiger partial charge is 0.123 e. The van der Waals surface area contributed by atoms with Crippen molar-refractivity contribution in [1.29, 1.82) is 5.26 Å². The van der Waals surface area contributed by atoms with Crippen molar-refractivity contribution in [2.75, 3.05) is 0 Å². The van der Waals surface area contributed by atoms with Gasteiger partial charge in [-0.05, 0) is 42.3 Å². The molecule has 2 aromatic carbocycles. The fraction of sp³-hybridized carbons (Fsp3) is 0.133. The van der Waals surface area contributed by atoms with Gasteiger partial charge in [-0.15, -0.1) is 0 Å². The van der Waals surface area contributed by atoms with E-state index in [4.69, 9.17) is 5.26 Å². The summed E-state index contributed by atoms with van der Waals surface area (Å²) in [5.41, 5.74) is 0.419.